The molecule has 0 aliphatic rings. The number of ether oxygens (including phenoxy) is 3. The number of hydrogen-bond donors (Lipinski definition) is 0. The van der Waals surface area contributed by atoms with Crippen molar-refractivity contribution in [1.29, 1.82) is 0 Å². The van der Waals surface area contributed by atoms with Crippen LogP contribution in [-0.2, 0) is 23.7 Å². The van der Waals surface area contributed by atoms with E-state index < -0.39 is 5.97 Å². The Kier molecular flexibility index (Phi) is 11.8. The number of rotatable bonds is 11. The van der Waals surface area contributed by atoms with Crippen LogP contribution in [0.3, 0.4) is 0 Å². The van der Waals surface area contributed by atoms with Gasteiger partial charge in [-0.2, -0.15) is 0 Å². The van der Waals surface area contributed by atoms with Gasteiger partial charge in [0, 0.05) is 11.5 Å². The molecule has 0 spiro atoms. The predicted octanol–water partition coefficient (Wildman–Crippen LogP) is -0.0268. The second-order valence-electron chi connectivity index (χ2n) is 2.72. The molecule has 0 N–H and O–H groups in total. The van der Waals surface area contributed by atoms with E-state index in [1.165, 1.54) is 0 Å². The van der Waals surface area contributed by atoms with Crippen molar-refractivity contribution in [1.82, 2.24) is 0 Å². The molecule has 0 atom stereocenters. The van der Waals surface area contributed by atoms with E-state index in [-0.39, 0.29) is 13.2 Å². The SMILES string of the molecule is [B]OC(=O)COCCOCCOCCN=[N+]=[N-]. The first-order chi connectivity index (χ1) is 8.31. The van der Waals surface area contributed by atoms with Crippen LogP contribution in [0.15, 0.2) is 5.11 Å². The Morgan fingerprint density at radius 1 is 1.12 bits per heavy atom. The van der Waals surface area contributed by atoms with Gasteiger partial charge in [-0.25, -0.2) is 0 Å². The number of azide groups is 1. The lowest BCUT2D eigenvalue weighted by Gasteiger charge is -2.05. The highest BCUT2D eigenvalue weighted by molar-refractivity contribution is 6.05. The molecule has 0 aromatic rings. The smallest absolute Gasteiger partial charge is 0.378 e. The summed E-state index contributed by atoms with van der Waals surface area (Å²) in [4.78, 5) is 13.1. The quantitative estimate of drug-likeness (QED) is 0.167. The first-order valence-electron chi connectivity index (χ1n) is 4.95. The molecule has 2 radical (unpaired) electrons. The van der Waals surface area contributed by atoms with Crippen molar-refractivity contribution in [2.75, 3.05) is 46.2 Å². The molecular weight excluding hydrogens is 229 g/mol. The summed E-state index contributed by atoms with van der Waals surface area (Å²) in [5.41, 5.74) is 7.97. The average molecular weight is 243 g/mol. The summed E-state index contributed by atoms with van der Waals surface area (Å²) >= 11 is 0. The molecule has 0 aromatic carbocycles. The summed E-state index contributed by atoms with van der Waals surface area (Å²) < 4.78 is 18.9. The van der Waals surface area contributed by atoms with Gasteiger partial charge >= 0.3 is 14.0 Å². The van der Waals surface area contributed by atoms with Gasteiger partial charge in [-0.05, 0) is 5.53 Å². The maximum absolute atomic E-state index is 10.5. The van der Waals surface area contributed by atoms with E-state index in [1.807, 2.05) is 0 Å². The van der Waals surface area contributed by atoms with E-state index in [0.717, 1.165) is 0 Å². The van der Waals surface area contributed by atoms with Gasteiger partial charge < -0.3 is 18.9 Å². The van der Waals surface area contributed by atoms with Gasteiger partial charge in [-0.3, -0.25) is 4.79 Å². The molecule has 17 heavy (non-hydrogen) atoms. The second-order valence-corrected chi connectivity index (χ2v) is 2.72. The van der Waals surface area contributed by atoms with E-state index in [1.54, 1.807) is 0 Å². The van der Waals surface area contributed by atoms with Crippen LogP contribution in [0.5, 0.6) is 0 Å². The van der Waals surface area contributed by atoms with Crippen LogP contribution in [0, 0.1) is 0 Å². The lowest BCUT2D eigenvalue weighted by molar-refractivity contribution is -0.139. The van der Waals surface area contributed by atoms with Crippen LogP contribution in [0.1, 0.15) is 0 Å². The van der Waals surface area contributed by atoms with Gasteiger partial charge in [0.25, 0.3) is 0 Å². The number of nitrogens with zero attached hydrogens (tertiary/aromatic N) is 3. The monoisotopic (exact) mass is 243 g/mol. The Morgan fingerprint density at radius 2 is 1.71 bits per heavy atom. The zero-order valence-corrected chi connectivity index (χ0v) is 9.41. The lowest BCUT2D eigenvalue weighted by atomic mass is 10.5. The molecule has 9 heteroatoms. The fraction of sp³-hybridized carbons (Fsp3) is 0.875. The Balaban J connectivity index is 3.03. The summed E-state index contributed by atoms with van der Waals surface area (Å²) in [6, 6.07) is 0. The maximum atomic E-state index is 10.5. The van der Waals surface area contributed by atoms with Gasteiger partial charge in [0.15, 0.2) is 0 Å². The van der Waals surface area contributed by atoms with Crippen LogP contribution >= 0.6 is 0 Å². The van der Waals surface area contributed by atoms with Gasteiger partial charge in [0.1, 0.15) is 6.61 Å². The van der Waals surface area contributed by atoms with E-state index >= 15 is 0 Å². The Morgan fingerprint density at radius 3 is 2.29 bits per heavy atom. The molecular formula is C8H14BN3O5. The van der Waals surface area contributed by atoms with Crippen molar-refractivity contribution in [3.63, 3.8) is 0 Å². The summed E-state index contributed by atoms with van der Waals surface area (Å²) in [7, 11) is 4.60. The average Bonchev–Trinajstić information content (AvgIpc) is 2.35. The molecule has 94 valence electrons. The fourth-order valence-electron chi connectivity index (χ4n) is 0.779. The summed E-state index contributed by atoms with van der Waals surface area (Å²) in [5, 5.41) is 3.30. The fourth-order valence-corrected chi connectivity index (χ4v) is 0.779. The molecule has 0 aliphatic heterocycles. The number of carbonyl (C=O) groups excluding carboxylic acids is 1. The maximum Gasteiger partial charge on any atom is 0.378 e. The molecule has 0 saturated heterocycles. The van der Waals surface area contributed by atoms with Crippen molar-refractivity contribution < 1.29 is 23.7 Å². The Bertz CT molecular complexity index is 247. The normalized spacial score (nSPS) is 9.65. The third kappa shape index (κ3) is 12.7. The molecule has 0 saturated carbocycles. The van der Waals surface area contributed by atoms with Crippen molar-refractivity contribution in [3.05, 3.63) is 10.4 Å². The predicted molar refractivity (Wildman–Crippen MR) is 58.3 cm³/mol. The number of hydrogen-bond acceptors (Lipinski definition) is 6. The largest absolute Gasteiger partial charge is 0.542 e. The zero-order chi connectivity index (χ0) is 12.8. The zero-order valence-electron chi connectivity index (χ0n) is 9.41. The highest BCUT2D eigenvalue weighted by atomic mass is 16.6. The van der Waals surface area contributed by atoms with Crippen LogP contribution in [0.4, 0.5) is 0 Å². The van der Waals surface area contributed by atoms with Crippen LogP contribution in [-0.4, -0.2) is 60.2 Å². The molecule has 0 bridgehead atoms. The second kappa shape index (κ2) is 12.8. The van der Waals surface area contributed by atoms with Gasteiger partial charge in [0.05, 0.1) is 33.0 Å². The van der Waals surface area contributed by atoms with Crippen molar-refractivity contribution in [2.45, 2.75) is 0 Å². The molecule has 0 amide bonds. The minimum absolute atomic E-state index is 0.192. The standard InChI is InChI=1S/C8H14BN3O5/c9-17-8(13)7-16-6-5-15-4-3-14-2-1-11-12-10/h1-7H2. The van der Waals surface area contributed by atoms with Gasteiger partial charge in [-0.15, -0.1) is 0 Å². The summed E-state index contributed by atoms with van der Waals surface area (Å²) in [5.74, 6) is -0.633. The molecule has 0 fully saturated rings. The van der Waals surface area contributed by atoms with Crippen molar-refractivity contribution >= 4 is 14.0 Å². The summed E-state index contributed by atoms with van der Waals surface area (Å²) in [6.07, 6.45) is 0. The Hall–Kier alpha value is -1.28. The van der Waals surface area contributed by atoms with E-state index in [9.17, 15) is 4.79 Å². The van der Waals surface area contributed by atoms with E-state index in [2.05, 4.69) is 22.7 Å². The van der Waals surface area contributed by atoms with Crippen molar-refractivity contribution in [2.24, 2.45) is 5.11 Å². The van der Waals surface area contributed by atoms with Crippen LogP contribution in [0.2, 0.25) is 0 Å². The highest BCUT2D eigenvalue weighted by Crippen LogP contribution is 1.83. The molecule has 8 nitrogen and oxygen atoms in total. The van der Waals surface area contributed by atoms with Gasteiger partial charge in [-0.1, -0.05) is 5.11 Å². The molecule has 0 rings (SSSR count). The molecule has 0 heterocycles. The third-order valence-corrected chi connectivity index (χ3v) is 1.49. The minimum atomic E-state index is -0.633. The van der Waals surface area contributed by atoms with E-state index in [4.69, 9.17) is 19.7 Å². The first kappa shape index (κ1) is 15.7. The Labute approximate surface area is 100 Å². The van der Waals surface area contributed by atoms with Gasteiger partial charge in [0.2, 0.25) is 0 Å². The first-order valence-corrected chi connectivity index (χ1v) is 4.95. The number of carbonyl (C=O) groups is 1. The van der Waals surface area contributed by atoms with E-state index in [0.29, 0.717) is 33.0 Å². The minimum Gasteiger partial charge on any atom is -0.542 e. The molecule has 0 aromatic heterocycles. The van der Waals surface area contributed by atoms with Crippen molar-refractivity contribution in [3.8, 4) is 0 Å². The lowest BCUT2D eigenvalue weighted by Crippen LogP contribution is -2.15. The van der Waals surface area contributed by atoms with Crippen LogP contribution in [0.25, 0.3) is 10.4 Å². The van der Waals surface area contributed by atoms with Crippen LogP contribution < -0.4 is 0 Å². The third-order valence-electron chi connectivity index (χ3n) is 1.49. The highest BCUT2D eigenvalue weighted by Gasteiger charge is 1.98. The molecule has 0 unspecified atom stereocenters. The molecule has 0 aliphatic carbocycles. The topological polar surface area (TPSA) is 103 Å². The summed E-state index contributed by atoms with van der Waals surface area (Å²) in [6.45, 7) is 1.91.